The fraction of sp³-hybridized carbons (Fsp3) is 0.429. The predicted molar refractivity (Wildman–Crippen MR) is 109 cm³/mol. The standard InChI is InChI=1S/C21H19ClF3N5O2/c1-30-9-14(10-30)32-18-13(8-28-19(31)20(11-26)4-5-20)7-27-17(29-18)12-2-3-16(22)15(6-12)21(23,24)25/h2-3,6-7,14H,4-5,8-10H2,1H3,(H,28,31). The van der Waals surface area contributed by atoms with Gasteiger partial charge in [-0.1, -0.05) is 11.6 Å². The van der Waals surface area contributed by atoms with Gasteiger partial charge in [0.15, 0.2) is 5.82 Å². The molecular formula is C21H19ClF3N5O2. The molecule has 1 aromatic heterocycles. The number of aromatic nitrogens is 2. The molecule has 7 nitrogen and oxygen atoms in total. The van der Waals surface area contributed by atoms with Crippen molar-refractivity contribution in [3.8, 4) is 23.3 Å². The lowest BCUT2D eigenvalue weighted by Gasteiger charge is -2.36. The molecule has 0 spiro atoms. The van der Waals surface area contributed by atoms with Crippen LogP contribution >= 0.6 is 11.6 Å². The summed E-state index contributed by atoms with van der Waals surface area (Å²) in [5, 5.41) is 11.5. The highest BCUT2D eigenvalue weighted by atomic mass is 35.5. The van der Waals surface area contributed by atoms with E-state index in [0.717, 1.165) is 12.1 Å². The molecule has 11 heteroatoms. The summed E-state index contributed by atoms with van der Waals surface area (Å²) in [7, 11) is 1.93. The van der Waals surface area contributed by atoms with Crippen LogP contribution in [0.5, 0.6) is 5.88 Å². The van der Waals surface area contributed by atoms with E-state index in [-0.39, 0.29) is 35.8 Å². The number of likely N-dealkylation sites (tertiary alicyclic amines) is 1. The maximum atomic E-state index is 13.2. The van der Waals surface area contributed by atoms with Gasteiger partial charge in [-0.15, -0.1) is 0 Å². The van der Waals surface area contributed by atoms with Crippen molar-refractivity contribution in [2.75, 3.05) is 20.1 Å². The molecule has 1 saturated heterocycles. The molecule has 2 fully saturated rings. The first-order chi connectivity index (χ1) is 15.1. The Hall–Kier alpha value is -2.90. The number of amides is 1. The van der Waals surface area contributed by atoms with E-state index in [1.165, 1.54) is 12.3 Å². The fourth-order valence-electron chi connectivity index (χ4n) is 3.37. The van der Waals surface area contributed by atoms with Crippen LogP contribution < -0.4 is 10.1 Å². The molecule has 0 bridgehead atoms. The van der Waals surface area contributed by atoms with E-state index in [4.69, 9.17) is 21.6 Å². The van der Waals surface area contributed by atoms with Crippen molar-refractivity contribution >= 4 is 17.5 Å². The molecule has 4 rings (SSSR count). The predicted octanol–water partition coefficient (Wildman–Crippen LogP) is 3.43. The number of nitrogens with one attached hydrogen (secondary N) is 1. The van der Waals surface area contributed by atoms with Crippen LogP contribution in [0.4, 0.5) is 13.2 Å². The molecule has 1 saturated carbocycles. The number of ether oxygens (including phenoxy) is 1. The molecule has 1 aliphatic carbocycles. The van der Waals surface area contributed by atoms with Crippen molar-refractivity contribution < 1.29 is 22.7 Å². The van der Waals surface area contributed by atoms with Crippen molar-refractivity contribution in [3.05, 3.63) is 40.5 Å². The number of alkyl halides is 3. The van der Waals surface area contributed by atoms with Crippen molar-refractivity contribution in [3.63, 3.8) is 0 Å². The lowest BCUT2D eigenvalue weighted by molar-refractivity contribution is -0.137. The summed E-state index contributed by atoms with van der Waals surface area (Å²) in [4.78, 5) is 22.8. The molecule has 1 amide bonds. The molecule has 0 radical (unpaired) electrons. The first kappa shape index (κ1) is 22.3. The van der Waals surface area contributed by atoms with Crippen molar-refractivity contribution in [2.45, 2.75) is 31.7 Å². The minimum Gasteiger partial charge on any atom is -0.471 e. The number of halogens is 4. The molecule has 1 N–H and O–H groups in total. The SMILES string of the molecule is CN1CC(Oc2nc(-c3ccc(Cl)c(C(F)(F)F)c3)ncc2CNC(=O)C2(C#N)CC2)C1. The van der Waals surface area contributed by atoms with Crippen molar-refractivity contribution in [1.29, 1.82) is 5.26 Å². The van der Waals surface area contributed by atoms with Gasteiger partial charge >= 0.3 is 6.18 Å². The average molecular weight is 466 g/mol. The number of carbonyl (C=O) groups is 1. The third-order valence-corrected chi connectivity index (χ3v) is 5.83. The lowest BCUT2D eigenvalue weighted by atomic mass is 10.1. The molecule has 2 aliphatic rings. The molecule has 168 valence electrons. The smallest absolute Gasteiger partial charge is 0.417 e. The van der Waals surface area contributed by atoms with Gasteiger partial charge in [-0.25, -0.2) is 4.98 Å². The summed E-state index contributed by atoms with van der Waals surface area (Å²) in [5.74, 6) is -0.148. The minimum atomic E-state index is -4.62. The summed E-state index contributed by atoms with van der Waals surface area (Å²) in [6, 6.07) is 5.47. The van der Waals surface area contributed by atoms with E-state index in [1.807, 2.05) is 18.0 Å². The molecule has 32 heavy (non-hydrogen) atoms. The number of hydrogen-bond acceptors (Lipinski definition) is 6. The Labute approximate surface area is 187 Å². The van der Waals surface area contributed by atoms with Gasteiger partial charge in [0.2, 0.25) is 11.8 Å². The van der Waals surface area contributed by atoms with Gasteiger partial charge in [-0.3, -0.25) is 9.69 Å². The third kappa shape index (κ3) is 4.49. The van der Waals surface area contributed by atoms with E-state index in [9.17, 15) is 18.0 Å². The summed E-state index contributed by atoms with van der Waals surface area (Å²) in [6.45, 7) is 1.37. The van der Waals surface area contributed by atoms with Crippen LogP contribution in [0.2, 0.25) is 5.02 Å². The molecular weight excluding hydrogens is 447 g/mol. The van der Waals surface area contributed by atoms with Gasteiger partial charge in [-0.05, 0) is 38.1 Å². The summed E-state index contributed by atoms with van der Waals surface area (Å²) in [5.41, 5.74) is -1.36. The molecule has 0 atom stereocenters. The third-order valence-electron chi connectivity index (χ3n) is 5.50. The van der Waals surface area contributed by atoms with E-state index in [2.05, 4.69) is 15.3 Å². The largest absolute Gasteiger partial charge is 0.471 e. The van der Waals surface area contributed by atoms with Gasteiger partial charge in [-0.2, -0.15) is 23.4 Å². The fourth-order valence-corrected chi connectivity index (χ4v) is 3.59. The second-order valence-electron chi connectivity index (χ2n) is 8.05. The quantitative estimate of drug-likeness (QED) is 0.703. The van der Waals surface area contributed by atoms with E-state index < -0.39 is 22.2 Å². The number of carbonyl (C=O) groups excluding carboxylic acids is 1. The molecule has 2 aromatic rings. The zero-order valence-corrected chi connectivity index (χ0v) is 17.8. The number of benzene rings is 1. The van der Waals surface area contributed by atoms with Gasteiger partial charge in [0, 0.05) is 31.4 Å². The monoisotopic (exact) mass is 465 g/mol. The minimum absolute atomic E-state index is 0.0366. The van der Waals surface area contributed by atoms with Gasteiger partial charge in [0.25, 0.3) is 0 Å². The maximum Gasteiger partial charge on any atom is 0.417 e. The van der Waals surface area contributed by atoms with Crippen LogP contribution in [-0.4, -0.2) is 47.0 Å². The van der Waals surface area contributed by atoms with Crippen LogP contribution in [-0.2, 0) is 17.5 Å². The Morgan fingerprint density at radius 3 is 2.72 bits per heavy atom. The Bertz CT molecular complexity index is 1090. The zero-order chi connectivity index (χ0) is 23.1. The molecule has 2 heterocycles. The van der Waals surface area contributed by atoms with E-state index >= 15 is 0 Å². The number of rotatable bonds is 6. The normalized spacial score (nSPS) is 17.9. The Morgan fingerprint density at radius 1 is 1.41 bits per heavy atom. The molecule has 0 unspecified atom stereocenters. The molecule has 1 aliphatic heterocycles. The van der Waals surface area contributed by atoms with E-state index in [1.54, 1.807) is 0 Å². The van der Waals surface area contributed by atoms with Crippen LogP contribution in [0.1, 0.15) is 24.0 Å². The summed E-state index contributed by atoms with van der Waals surface area (Å²) < 4.78 is 45.7. The topological polar surface area (TPSA) is 91.1 Å². The summed E-state index contributed by atoms with van der Waals surface area (Å²) >= 11 is 5.71. The Balaban J connectivity index is 1.61. The highest BCUT2D eigenvalue weighted by Gasteiger charge is 2.50. The highest BCUT2D eigenvalue weighted by molar-refractivity contribution is 6.31. The number of nitrogens with zero attached hydrogens (tertiary/aromatic N) is 4. The van der Waals surface area contributed by atoms with Gasteiger partial charge in [0.1, 0.15) is 11.5 Å². The van der Waals surface area contributed by atoms with Gasteiger partial charge in [0.05, 0.1) is 22.2 Å². The second-order valence-corrected chi connectivity index (χ2v) is 8.46. The number of nitriles is 1. The van der Waals surface area contributed by atoms with Crippen LogP contribution in [0.25, 0.3) is 11.4 Å². The lowest BCUT2D eigenvalue weighted by Crippen LogP contribution is -2.51. The summed E-state index contributed by atoms with van der Waals surface area (Å²) in [6.07, 6.45) is -2.32. The number of likely N-dealkylation sites (N-methyl/N-ethyl adjacent to an activating group) is 1. The maximum absolute atomic E-state index is 13.2. The van der Waals surface area contributed by atoms with Crippen LogP contribution in [0.3, 0.4) is 0 Å². The average Bonchev–Trinajstić information content (AvgIpc) is 3.52. The molecule has 1 aromatic carbocycles. The second kappa shape index (κ2) is 8.22. The van der Waals surface area contributed by atoms with Crippen molar-refractivity contribution in [2.24, 2.45) is 5.41 Å². The van der Waals surface area contributed by atoms with Crippen LogP contribution in [0.15, 0.2) is 24.4 Å². The first-order valence-electron chi connectivity index (χ1n) is 9.89. The Morgan fingerprint density at radius 2 is 2.12 bits per heavy atom. The van der Waals surface area contributed by atoms with Crippen LogP contribution in [0, 0.1) is 16.7 Å². The van der Waals surface area contributed by atoms with Gasteiger partial charge < -0.3 is 10.1 Å². The zero-order valence-electron chi connectivity index (χ0n) is 17.0. The highest BCUT2D eigenvalue weighted by Crippen LogP contribution is 2.45. The number of hydrogen-bond donors (Lipinski definition) is 1. The van der Waals surface area contributed by atoms with Crippen molar-refractivity contribution in [1.82, 2.24) is 20.2 Å². The first-order valence-corrected chi connectivity index (χ1v) is 10.3. The Kier molecular flexibility index (Phi) is 5.73. The van der Waals surface area contributed by atoms with E-state index in [0.29, 0.717) is 31.5 Å².